The van der Waals surface area contributed by atoms with E-state index in [0.717, 1.165) is 31.8 Å². The molecule has 1 aliphatic heterocycles. The zero-order chi connectivity index (χ0) is 12.8. The van der Waals surface area contributed by atoms with Crippen LogP contribution < -0.4 is 0 Å². The highest BCUT2D eigenvalue weighted by Crippen LogP contribution is 2.27. The van der Waals surface area contributed by atoms with Crippen LogP contribution in [-0.2, 0) is 0 Å². The molecule has 0 spiro atoms. The molecule has 0 saturated carbocycles. The van der Waals surface area contributed by atoms with Gasteiger partial charge in [0, 0.05) is 31.6 Å². The van der Waals surface area contributed by atoms with Crippen LogP contribution >= 0.6 is 0 Å². The second kappa shape index (κ2) is 6.90. The Morgan fingerprint density at radius 2 is 2.22 bits per heavy atom. The lowest BCUT2D eigenvalue weighted by Crippen LogP contribution is -2.40. The number of hydrogen-bond donors (Lipinski definition) is 1. The number of nitrogens with zero attached hydrogens (tertiary/aromatic N) is 3. The van der Waals surface area contributed by atoms with Gasteiger partial charge in [-0.05, 0) is 44.7 Å². The highest BCUT2D eigenvalue weighted by molar-refractivity contribution is 4.88. The molecule has 0 aromatic carbocycles. The summed E-state index contributed by atoms with van der Waals surface area (Å²) in [6, 6.07) is 0.569. The monoisotopic (exact) mass is 251 g/mol. The summed E-state index contributed by atoms with van der Waals surface area (Å²) in [7, 11) is 0. The molecule has 1 aromatic rings. The largest absolute Gasteiger partial charge is 0.396 e. The Hall–Kier alpha value is -0.870. The third-order valence-electron chi connectivity index (χ3n) is 4.04. The lowest BCUT2D eigenvalue weighted by atomic mass is 9.93. The van der Waals surface area contributed by atoms with Gasteiger partial charge < -0.3 is 14.6 Å². The Morgan fingerprint density at radius 3 is 2.94 bits per heavy atom. The van der Waals surface area contributed by atoms with Gasteiger partial charge in [0.2, 0.25) is 0 Å². The van der Waals surface area contributed by atoms with Gasteiger partial charge in [0.25, 0.3) is 0 Å². The lowest BCUT2D eigenvalue weighted by molar-refractivity contribution is 0.129. The SMILES string of the molecule is CC1CCN(CCCCCO)CC1n1ccnc1. The number of aromatic nitrogens is 2. The Labute approximate surface area is 110 Å². The number of piperidine rings is 1. The Bertz CT molecular complexity index is 326. The molecule has 0 bridgehead atoms. The molecule has 102 valence electrons. The highest BCUT2D eigenvalue weighted by atomic mass is 16.2. The van der Waals surface area contributed by atoms with Crippen LogP contribution in [0.25, 0.3) is 0 Å². The topological polar surface area (TPSA) is 41.3 Å². The van der Waals surface area contributed by atoms with Gasteiger partial charge in [-0.15, -0.1) is 0 Å². The van der Waals surface area contributed by atoms with Crippen molar-refractivity contribution in [3.05, 3.63) is 18.7 Å². The summed E-state index contributed by atoms with van der Waals surface area (Å²) in [5, 5.41) is 8.78. The maximum atomic E-state index is 8.78. The fourth-order valence-corrected chi connectivity index (χ4v) is 2.80. The third-order valence-corrected chi connectivity index (χ3v) is 4.04. The summed E-state index contributed by atoms with van der Waals surface area (Å²) < 4.78 is 2.25. The van der Waals surface area contributed by atoms with Crippen LogP contribution in [0.2, 0.25) is 0 Å². The van der Waals surface area contributed by atoms with E-state index in [0.29, 0.717) is 12.6 Å². The van der Waals surface area contributed by atoms with Gasteiger partial charge >= 0.3 is 0 Å². The first-order valence-corrected chi connectivity index (χ1v) is 7.12. The molecule has 1 aromatic heterocycles. The molecule has 0 amide bonds. The average Bonchev–Trinajstić information content (AvgIpc) is 2.90. The molecule has 0 aliphatic carbocycles. The first-order chi connectivity index (χ1) is 8.81. The van der Waals surface area contributed by atoms with Crippen molar-refractivity contribution in [1.29, 1.82) is 0 Å². The minimum absolute atomic E-state index is 0.328. The smallest absolute Gasteiger partial charge is 0.0949 e. The van der Waals surface area contributed by atoms with Gasteiger partial charge in [0.05, 0.1) is 6.33 Å². The highest BCUT2D eigenvalue weighted by Gasteiger charge is 2.26. The number of hydrogen-bond acceptors (Lipinski definition) is 3. The molecule has 2 heterocycles. The number of imidazole rings is 1. The molecule has 2 rings (SSSR count). The van der Waals surface area contributed by atoms with E-state index < -0.39 is 0 Å². The Kier molecular flexibility index (Phi) is 5.20. The van der Waals surface area contributed by atoms with Crippen molar-refractivity contribution in [2.45, 2.75) is 38.6 Å². The molecule has 18 heavy (non-hydrogen) atoms. The fourth-order valence-electron chi connectivity index (χ4n) is 2.80. The number of rotatable bonds is 6. The van der Waals surface area contributed by atoms with Crippen LogP contribution in [0.1, 0.15) is 38.6 Å². The second-order valence-electron chi connectivity index (χ2n) is 5.43. The third kappa shape index (κ3) is 3.56. The zero-order valence-corrected chi connectivity index (χ0v) is 11.3. The minimum atomic E-state index is 0.328. The predicted molar refractivity (Wildman–Crippen MR) is 72.4 cm³/mol. The first-order valence-electron chi connectivity index (χ1n) is 7.12. The van der Waals surface area contributed by atoms with E-state index in [1.807, 2.05) is 12.5 Å². The van der Waals surface area contributed by atoms with Gasteiger partial charge in [0.15, 0.2) is 0 Å². The molecular weight excluding hydrogens is 226 g/mol. The molecule has 1 aliphatic rings. The minimum Gasteiger partial charge on any atom is -0.396 e. The fraction of sp³-hybridized carbons (Fsp3) is 0.786. The molecule has 0 radical (unpaired) electrons. The normalized spacial score (nSPS) is 25.4. The molecule has 4 nitrogen and oxygen atoms in total. The molecule has 2 unspecified atom stereocenters. The molecule has 1 saturated heterocycles. The van der Waals surface area contributed by atoms with Crippen molar-refractivity contribution in [3.8, 4) is 0 Å². The van der Waals surface area contributed by atoms with Crippen molar-refractivity contribution in [2.24, 2.45) is 5.92 Å². The maximum Gasteiger partial charge on any atom is 0.0949 e. The standard InChI is InChI=1S/C14H25N3O/c1-13-5-8-16(7-3-2-4-10-18)11-14(13)17-9-6-15-12-17/h6,9,12-14,18H,2-5,7-8,10-11H2,1H3. The van der Waals surface area contributed by atoms with Crippen LogP contribution in [0.4, 0.5) is 0 Å². The van der Waals surface area contributed by atoms with Crippen molar-refractivity contribution in [1.82, 2.24) is 14.5 Å². The lowest BCUT2D eigenvalue weighted by Gasteiger charge is -2.37. The van der Waals surface area contributed by atoms with Crippen molar-refractivity contribution in [2.75, 3.05) is 26.2 Å². The van der Waals surface area contributed by atoms with E-state index in [1.54, 1.807) is 0 Å². The summed E-state index contributed by atoms with van der Waals surface area (Å²) in [4.78, 5) is 6.72. The van der Waals surface area contributed by atoms with Crippen LogP contribution in [0.5, 0.6) is 0 Å². The number of aliphatic hydroxyl groups is 1. The van der Waals surface area contributed by atoms with Gasteiger partial charge in [-0.25, -0.2) is 4.98 Å². The van der Waals surface area contributed by atoms with Crippen LogP contribution in [-0.4, -0.2) is 45.8 Å². The van der Waals surface area contributed by atoms with E-state index in [1.165, 1.54) is 19.4 Å². The maximum absolute atomic E-state index is 8.78. The van der Waals surface area contributed by atoms with Gasteiger partial charge in [-0.1, -0.05) is 6.92 Å². The number of likely N-dealkylation sites (tertiary alicyclic amines) is 1. The van der Waals surface area contributed by atoms with Crippen molar-refractivity contribution >= 4 is 0 Å². The molecule has 1 fully saturated rings. The summed E-state index contributed by atoms with van der Waals surface area (Å²) >= 11 is 0. The molecule has 2 atom stereocenters. The summed E-state index contributed by atoms with van der Waals surface area (Å²) in [6.07, 6.45) is 10.4. The Balaban J connectivity index is 1.81. The second-order valence-corrected chi connectivity index (χ2v) is 5.43. The van der Waals surface area contributed by atoms with Crippen molar-refractivity contribution < 1.29 is 5.11 Å². The van der Waals surface area contributed by atoms with Crippen molar-refractivity contribution in [3.63, 3.8) is 0 Å². The summed E-state index contributed by atoms with van der Waals surface area (Å²) in [5.74, 6) is 0.730. The van der Waals surface area contributed by atoms with Crippen LogP contribution in [0, 0.1) is 5.92 Å². The van der Waals surface area contributed by atoms with Gasteiger partial charge in [-0.2, -0.15) is 0 Å². The molecular formula is C14H25N3O. The van der Waals surface area contributed by atoms with E-state index >= 15 is 0 Å². The van der Waals surface area contributed by atoms with E-state index in [2.05, 4.69) is 27.6 Å². The molecule has 4 heteroatoms. The predicted octanol–water partition coefficient (Wildman–Crippen LogP) is 1.93. The average molecular weight is 251 g/mol. The van der Waals surface area contributed by atoms with Crippen LogP contribution in [0.3, 0.4) is 0 Å². The quantitative estimate of drug-likeness (QED) is 0.785. The number of unbranched alkanes of at least 4 members (excludes halogenated alkanes) is 2. The van der Waals surface area contributed by atoms with Crippen LogP contribution in [0.15, 0.2) is 18.7 Å². The number of aliphatic hydroxyl groups excluding tert-OH is 1. The molecule has 1 N–H and O–H groups in total. The van der Waals surface area contributed by atoms with Gasteiger partial charge in [-0.3, -0.25) is 0 Å². The Morgan fingerprint density at radius 1 is 1.33 bits per heavy atom. The van der Waals surface area contributed by atoms with E-state index in [4.69, 9.17) is 5.11 Å². The first kappa shape index (κ1) is 13.6. The summed E-state index contributed by atoms with van der Waals surface area (Å²) in [5.41, 5.74) is 0. The van der Waals surface area contributed by atoms with E-state index in [9.17, 15) is 0 Å². The zero-order valence-electron chi connectivity index (χ0n) is 11.3. The summed E-state index contributed by atoms with van der Waals surface area (Å²) in [6.45, 7) is 6.18. The van der Waals surface area contributed by atoms with E-state index in [-0.39, 0.29) is 0 Å². The van der Waals surface area contributed by atoms with Gasteiger partial charge in [0.1, 0.15) is 0 Å².